The first kappa shape index (κ1) is 16.3. The van der Waals surface area contributed by atoms with Crippen molar-refractivity contribution >= 4 is 11.6 Å². The van der Waals surface area contributed by atoms with Crippen LogP contribution in [0.1, 0.15) is 12.5 Å². The lowest BCUT2D eigenvalue weighted by Gasteiger charge is -2.24. The summed E-state index contributed by atoms with van der Waals surface area (Å²) < 4.78 is 22.3. The average Bonchev–Trinajstić information content (AvgIpc) is 2.71. The molecule has 0 fully saturated rings. The summed E-state index contributed by atoms with van der Waals surface area (Å²) >= 11 is 0. The molecule has 0 aromatic heterocycles. The number of hydrazone groups is 1. The van der Waals surface area contributed by atoms with E-state index < -0.39 is 6.10 Å². The molecular formula is C19H18N2O5. The van der Waals surface area contributed by atoms with Crippen LogP contribution >= 0.6 is 0 Å². The van der Waals surface area contributed by atoms with E-state index in [-0.39, 0.29) is 12.5 Å². The highest BCUT2D eigenvalue weighted by atomic mass is 16.6. The van der Waals surface area contributed by atoms with Gasteiger partial charge in [0, 0.05) is 5.56 Å². The Morgan fingerprint density at radius 3 is 2.58 bits per heavy atom. The van der Waals surface area contributed by atoms with Crippen molar-refractivity contribution in [2.24, 2.45) is 5.10 Å². The number of fused-ring (bicyclic) bond motifs is 2. The van der Waals surface area contributed by atoms with E-state index >= 15 is 0 Å². The number of hydrogen-bond donors (Lipinski definition) is 1. The van der Waals surface area contributed by atoms with Gasteiger partial charge in [0.2, 0.25) is 6.10 Å². The molecule has 7 heteroatoms. The molecule has 0 spiro atoms. The quantitative estimate of drug-likeness (QED) is 0.675. The molecule has 134 valence electrons. The van der Waals surface area contributed by atoms with Crippen LogP contribution in [0.15, 0.2) is 47.6 Å². The van der Waals surface area contributed by atoms with Crippen molar-refractivity contribution in [2.45, 2.75) is 13.0 Å². The van der Waals surface area contributed by atoms with Gasteiger partial charge < -0.3 is 18.9 Å². The lowest BCUT2D eigenvalue weighted by Crippen LogP contribution is -2.42. The summed E-state index contributed by atoms with van der Waals surface area (Å²) in [6.07, 6.45) is -0.748. The van der Waals surface area contributed by atoms with Crippen molar-refractivity contribution in [3.8, 4) is 23.0 Å². The minimum Gasteiger partial charge on any atom is -0.486 e. The van der Waals surface area contributed by atoms with Crippen LogP contribution in [0, 0.1) is 0 Å². The number of hydrogen-bond acceptors (Lipinski definition) is 6. The summed E-state index contributed by atoms with van der Waals surface area (Å²) in [5.74, 6) is 2.20. The van der Waals surface area contributed by atoms with Crippen molar-refractivity contribution in [1.82, 2.24) is 5.43 Å². The summed E-state index contributed by atoms with van der Waals surface area (Å²) in [5.41, 5.74) is 4.01. The number of carbonyl (C=O) groups excluding carboxylic acids is 1. The molecule has 1 N–H and O–H groups in total. The van der Waals surface area contributed by atoms with E-state index in [9.17, 15) is 4.79 Å². The first-order chi connectivity index (χ1) is 12.7. The van der Waals surface area contributed by atoms with E-state index in [0.717, 1.165) is 5.56 Å². The molecule has 0 aliphatic carbocycles. The maximum atomic E-state index is 12.3. The zero-order chi connectivity index (χ0) is 17.9. The van der Waals surface area contributed by atoms with Gasteiger partial charge >= 0.3 is 0 Å². The number of nitrogens with zero attached hydrogens (tertiary/aromatic N) is 1. The van der Waals surface area contributed by atoms with E-state index in [0.29, 0.717) is 41.9 Å². The number of rotatable bonds is 3. The second-order valence-corrected chi connectivity index (χ2v) is 5.90. The van der Waals surface area contributed by atoms with Crippen molar-refractivity contribution in [1.29, 1.82) is 0 Å². The molecular weight excluding hydrogens is 336 g/mol. The van der Waals surface area contributed by atoms with Crippen molar-refractivity contribution in [3.63, 3.8) is 0 Å². The van der Waals surface area contributed by atoms with E-state index in [4.69, 9.17) is 18.9 Å². The van der Waals surface area contributed by atoms with Gasteiger partial charge in [-0.2, -0.15) is 5.10 Å². The molecule has 1 unspecified atom stereocenters. The van der Waals surface area contributed by atoms with Gasteiger partial charge in [-0.1, -0.05) is 12.1 Å². The van der Waals surface area contributed by atoms with Crippen LogP contribution in [0.2, 0.25) is 0 Å². The van der Waals surface area contributed by atoms with E-state index in [2.05, 4.69) is 10.5 Å². The molecule has 2 aromatic rings. The second-order valence-electron chi connectivity index (χ2n) is 5.90. The topological polar surface area (TPSA) is 78.4 Å². The fourth-order valence-electron chi connectivity index (χ4n) is 2.69. The van der Waals surface area contributed by atoms with Gasteiger partial charge in [-0.25, -0.2) is 5.43 Å². The molecule has 4 rings (SSSR count). The largest absolute Gasteiger partial charge is 0.486 e. The Balaban J connectivity index is 1.42. The Morgan fingerprint density at radius 1 is 1.00 bits per heavy atom. The van der Waals surface area contributed by atoms with Crippen LogP contribution in [0.25, 0.3) is 0 Å². The number of nitrogens with one attached hydrogen (secondary N) is 1. The van der Waals surface area contributed by atoms with Gasteiger partial charge in [-0.15, -0.1) is 0 Å². The fraction of sp³-hybridized carbons (Fsp3) is 0.263. The second kappa shape index (κ2) is 6.95. The van der Waals surface area contributed by atoms with Gasteiger partial charge in [0.25, 0.3) is 5.91 Å². The van der Waals surface area contributed by atoms with Gasteiger partial charge in [-0.3, -0.25) is 4.79 Å². The third kappa shape index (κ3) is 3.28. The normalized spacial score (nSPS) is 18.2. The maximum absolute atomic E-state index is 12.3. The lowest BCUT2D eigenvalue weighted by atomic mass is 10.1. The van der Waals surface area contributed by atoms with Gasteiger partial charge in [0.05, 0.1) is 5.71 Å². The number of para-hydroxylation sites is 2. The lowest BCUT2D eigenvalue weighted by molar-refractivity contribution is -0.130. The summed E-state index contributed by atoms with van der Waals surface area (Å²) in [7, 11) is 0. The van der Waals surface area contributed by atoms with Gasteiger partial charge in [-0.05, 0) is 37.3 Å². The Morgan fingerprint density at radius 2 is 1.73 bits per heavy atom. The molecule has 0 radical (unpaired) electrons. The predicted octanol–water partition coefficient (Wildman–Crippen LogP) is 2.14. The number of amides is 1. The Kier molecular flexibility index (Phi) is 4.35. The van der Waals surface area contributed by atoms with E-state index in [1.165, 1.54) is 0 Å². The fourth-order valence-corrected chi connectivity index (χ4v) is 2.69. The standard InChI is InChI=1S/C19H18N2O5/c1-12(13-6-7-15-17(10-13)24-9-8-23-15)20-21-19(22)18-11-25-14-4-2-3-5-16(14)26-18/h2-7,10,18H,8-9,11H2,1H3,(H,21,22)/b20-12+. The maximum Gasteiger partial charge on any atom is 0.284 e. The van der Waals surface area contributed by atoms with Crippen molar-refractivity contribution < 1.29 is 23.7 Å². The molecule has 7 nitrogen and oxygen atoms in total. The summed E-state index contributed by atoms with van der Waals surface area (Å²) in [5, 5.41) is 4.16. The highest BCUT2D eigenvalue weighted by Crippen LogP contribution is 2.31. The molecule has 0 bridgehead atoms. The predicted molar refractivity (Wildman–Crippen MR) is 94.1 cm³/mol. The summed E-state index contributed by atoms with van der Waals surface area (Å²) in [4.78, 5) is 12.3. The van der Waals surface area contributed by atoms with Crippen LogP contribution in [0.5, 0.6) is 23.0 Å². The summed E-state index contributed by atoms with van der Waals surface area (Å²) in [6, 6.07) is 12.8. The van der Waals surface area contributed by atoms with Crippen LogP contribution in [0.4, 0.5) is 0 Å². The molecule has 2 aliphatic rings. The van der Waals surface area contributed by atoms with Crippen LogP contribution in [0.3, 0.4) is 0 Å². The van der Waals surface area contributed by atoms with Crippen molar-refractivity contribution in [2.75, 3.05) is 19.8 Å². The first-order valence-electron chi connectivity index (χ1n) is 8.33. The van der Waals surface area contributed by atoms with Gasteiger partial charge in [0.1, 0.15) is 19.8 Å². The molecule has 0 saturated heterocycles. The SMILES string of the molecule is C/C(=N\NC(=O)C1COc2ccccc2O1)c1ccc2c(c1)OCCO2. The number of benzene rings is 2. The third-order valence-corrected chi connectivity index (χ3v) is 4.09. The minimum absolute atomic E-state index is 0.140. The molecule has 1 atom stereocenters. The van der Waals surface area contributed by atoms with Gasteiger partial charge in [0.15, 0.2) is 23.0 Å². The molecule has 2 aliphatic heterocycles. The first-order valence-corrected chi connectivity index (χ1v) is 8.33. The Labute approximate surface area is 150 Å². The number of carbonyl (C=O) groups is 1. The molecule has 0 saturated carbocycles. The smallest absolute Gasteiger partial charge is 0.284 e. The zero-order valence-corrected chi connectivity index (χ0v) is 14.2. The molecule has 26 heavy (non-hydrogen) atoms. The highest BCUT2D eigenvalue weighted by Gasteiger charge is 2.27. The molecule has 1 amide bonds. The van der Waals surface area contributed by atoms with Crippen LogP contribution in [-0.2, 0) is 4.79 Å². The van der Waals surface area contributed by atoms with Crippen LogP contribution < -0.4 is 24.4 Å². The summed E-state index contributed by atoms with van der Waals surface area (Å²) in [6.45, 7) is 3.01. The van der Waals surface area contributed by atoms with E-state index in [1.807, 2.05) is 30.3 Å². The Hall–Kier alpha value is -3.22. The molecule has 2 aromatic carbocycles. The van der Waals surface area contributed by atoms with Crippen LogP contribution in [-0.4, -0.2) is 37.5 Å². The van der Waals surface area contributed by atoms with E-state index in [1.54, 1.807) is 19.1 Å². The monoisotopic (exact) mass is 354 g/mol. The average molecular weight is 354 g/mol. The zero-order valence-electron chi connectivity index (χ0n) is 14.2. The Bertz CT molecular complexity index is 865. The third-order valence-electron chi connectivity index (χ3n) is 4.09. The number of ether oxygens (including phenoxy) is 4. The van der Waals surface area contributed by atoms with Crippen molar-refractivity contribution in [3.05, 3.63) is 48.0 Å². The minimum atomic E-state index is -0.748. The molecule has 2 heterocycles. The highest BCUT2D eigenvalue weighted by molar-refractivity contribution is 6.00.